The largest absolute Gasteiger partial charge is 0.416 e. The smallest absolute Gasteiger partial charge is 0.369 e. The standard InChI is InChI=1S/C22H22F4N6.ClH/c1-16-17(15-29-32(16)21-27-5-3-6-28-21)4-2-7-30-8-10-31(11-9-30)20-13-18(22(24,25)26)12-19(23)14-20;/h2-6,12-15H,7-11H2,1H3;1H/b4-2+;. The highest BCUT2D eigenvalue weighted by Gasteiger charge is 2.32. The Morgan fingerprint density at radius 3 is 2.39 bits per heavy atom. The van der Waals surface area contributed by atoms with Crippen LogP contribution in [0.5, 0.6) is 0 Å². The monoisotopic (exact) mass is 482 g/mol. The predicted molar refractivity (Wildman–Crippen MR) is 120 cm³/mol. The molecule has 0 spiro atoms. The Balaban J connectivity index is 0.00000306. The van der Waals surface area contributed by atoms with E-state index in [1.807, 2.05) is 19.1 Å². The van der Waals surface area contributed by atoms with Gasteiger partial charge in [0.25, 0.3) is 5.95 Å². The number of hydrogen-bond acceptors (Lipinski definition) is 5. The number of alkyl halides is 3. The molecule has 0 saturated carbocycles. The van der Waals surface area contributed by atoms with Gasteiger partial charge in [-0.2, -0.15) is 18.3 Å². The van der Waals surface area contributed by atoms with Crippen LogP contribution in [0.3, 0.4) is 0 Å². The van der Waals surface area contributed by atoms with Crippen LogP contribution < -0.4 is 4.90 Å². The lowest BCUT2D eigenvalue weighted by Gasteiger charge is -2.35. The van der Waals surface area contributed by atoms with E-state index in [9.17, 15) is 17.6 Å². The van der Waals surface area contributed by atoms with E-state index in [1.165, 1.54) is 0 Å². The number of anilines is 1. The Kier molecular flexibility index (Phi) is 7.70. The molecular formula is C22H23ClF4N6. The molecule has 1 aromatic carbocycles. The minimum atomic E-state index is -4.57. The van der Waals surface area contributed by atoms with Crippen molar-refractivity contribution in [2.75, 3.05) is 37.6 Å². The normalized spacial score (nSPS) is 15.1. The van der Waals surface area contributed by atoms with Crippen molar-refractivity contribution in [3.05, 3.63) is 71.6 Å². The number of piperazine rings is 1. The van der Waals surface area contributed by atoms with E-state index in [-0.39, 0.29) is 18.1 Å². The van der Waals surface area contributed by atoms with Crippen LogP contribution in [-0.4, -0.2) is 57.4 Å². The van der Waals surface area contributed by atoms with Gasteiger partial charge in [-0.05, 0) is 31.2 Å². The van der Waals surface area contributed by atoms with Crippen LogP contribution in [0.4, 0.5) is 23.2 Å². The summed E-state index contributed by atoms with van der Waals surface area (Å²) in [5, 5.41) is 4.34. The van der Waals surface area contributed by atoms with Gasteiger partial charge in [0.2, 0.25) is 0 Å². The molecule has 0 N–H and O–H groups in total. The molecule has 3 aromatic rings. The predicted octanol–water partition coefficient (Wildman–Crippen LogP) is 4.39. The third-order valence-electron chi connectivity index (χ3n) is 5.40. The van der Waals surface area contributed by atoms with Crippen molar-refractivity contribution in [1.82, 2.24) is 24.6 Å². The van der Waals surface area contributed by atoms with Crippen molar-refractivity contribution in [3.8, 4) is 5.95 Å². The van der Waals surface area contributed by atoms with Gasteiger partial charge in [-0.25, -0.2) is 19.0 Å². The van der Waals surface area contributed by atoms with Gasteiger partial charge in [0.1, 0.15) is 5.82 Å². The molecule has 3 heterocycles. The number of rotatable bonds is 5. The molecule has 0 aliphatic carbocycles. The van der Waals surface area contributed by atoms with Crippen LogP contribution in [0.15, 0.2) is 48.9 Å². The molecule has 11 heteroatoms. The fourth-order valence-corrected chi connectivity index (χ4v) is 3.63. The first-order chi connectivity index (χ1) is 15.3. The quantitative estimate of drug-likeness (QED) is 0.505. The first-order valence-corrected chi connectivity index (χ1v) is 10.1. The minimum Gasteiger partial charge on any atom is -0.369 e. The summed E-state index contributed by atoms with van der Waals surface area (Å²) in [5.74, 6) is -0.371. The van der Waals surface area contributed by atoms with Crippen molar-refractivity contribution in [2.24, 2.45) is 0 Å². The minimum absolute atomic E-state index is 0. The Morgan fingerprint density at radius 1 is 1.03 bits per heavy atom. The summed E-state index contributed by atoms with van der Waals surface area (Å²) >= 11 is 0. The van der Waals surface area contributed by atoms with Gasteiger partial charge in [-0.1, -0.05) is 12.2 Å². The fraction of sp³-hybridized carbons (Fsp3) is 0.318. The summed E-state index contributed by atoms with van der Waals surface area (Å²) in [7, 11) is 0. The SMILES string of the molecule is Cc1c(/C=C/CN2CCN(c3cc(F)cc(C(F)(F)F)c3)CC2)cnn1-c1ncccn1.Cl. The van der Waals surface area contributed by atoms with Crippen molar-refractivity contribution in [1.29, 1.82) is 0 Å². The van der Waals surface area contributed by atoms with Crippen LogP contribution in [-0.2, 0) is 6.18 Å². The van der Waals surface area contributed by atoms with Gasteiger partial charge in [-0.15, -0.1) is 12.4 Å². The second-order valence-electron chi connectivity index (χ2n) is 7.53. The van der Waals surface area contributed by atoms with Gasteiger partial charge in [0.15, 0.2) is 0 Å². The summed E-state index contributed by atoms with van der Waals surface area (Å²) in [6.07, 6.45) is 4.51. The van der Waals surface area contributed by atoms with Crippen LogP contribution in [0.25, 0.3) is 12.0 Å². The second-order valence-corrected chi connectivity index (χ2v) is 7.53. The molecule has 0 atom stereocenters. The number of hydrogen-bond donors (Lipinski definition) is 0. The van der Waals surface area contributed by atoms with E-state index in [0.29, 0.717) is 44.7 Å². The molecule has 0 amide bonds. The molecule has 1 fully saturated rings. The molecule has 1 saturated heterocycles. The van der Waals surface area contributed by atoms with Crippen LogP contribution >= 0.6 is 12.4 Å². The summed E-state index contributed by atoms with van der Waals surface area (Å²) in [4.78, 5) is 12.4. The first-order valence-electron chi connectivity index (χ1n) is 10.1. The Morgan fingerprint density at radius 2 is 1.73 bits per heavy atom. The highest BCUT2D eigenvalue weighted by atomic mass is 35.5. The molecule has 176 valence electrons. The maximum atomic E-state index is 13.7. The maximum absolute atomic E-state index is 13.7. The van der Waals surface area contributed by atoms with E-state index >= 15 is 0 Å². The van der Waals surface area contributed by atoms with Gasteiger partial charge >= 0.3 is 6.18 Å². The molecule has 1 aliphatic rings. The van der Waals surface area contributed by atoms with Crippen molar-refractivity contribution in [2.45, 2.75) is 13.1 Å². The molecule has 0 bridgehead atoms. The van der Waals surface area contributed by atoms with E-state index < -0.39 is 17.6 Å². The van der Waals surface area contributed by atoms with E-state index in [2.05, 4.69) is 20.0 Å². The van der Waals surface area contributed by atoms with Gasteiger partial charge in [-0.3, -0.25) is 4.90 Å². The van der Waals surface area contributed by atoms with Gasteiger partial charge in [0, 0.05) is 56.4 Å². The Hall–Kier alpha value is -2.98. The van der Waals surface area contributed by atoms with Crippen LogP contribution in [0.2, 0.25) is 0 Å². The summed E-state index contributed by atoms with van der Waals surface area (Å²) < 4.78 is 54.3. The molecule has 6 nitrogen and oxygen atoms in total. The third kappa shape index (κ3) is 5.88. The van der Waals surface area contributed by atoms with E-state index in [0.717, 1.165) is 23.4 Å². The Labute approximate surface area is 195 Å². The Bertz CT molecular complexity index is 1090. The van der Waals surface area contributed by atoms with Crippen molar-refractivity contribution < 1.29 is 17.6 Å². The van der Waals surface area contributed by atoms with Gasteiger partial charge < -0.3 is 4.90 Å². The first kappa shape index (κ1) is 24.7. The lowest BCUT2D eigenvalue weighted by atomic mass is 10.1. The lowest BCUT2D eigenvalue weighted by Crippen LogP contribution is -2.46. The molecular weight excluding hydrogens is 460 g/mol. The van der Waals surface area contributed by atoms with Crippen molar-refractivity contribution >= 4 is 24.2 Å². The van der Waals surface area contributed by atoms with E-state index in [4.69, 9.17) is 0 Å². The van der Waals surface area contributed by atoms with Crippen LogP contribution in [0.1, 0.15) is 16.8 Å². The maximum Gasteiger partial charge on any atom is 0.416 e. The zero-order chi connectivity index (χ0) is 22.7. The number of benzene rings is 1. The average Bonchev–Trinajstić information content (AvgIpc) is 3.14. The highest BCUT2D eigenvalue weighted by molar-refractivity contribution is 5.85. The number of aromatic nitrogens is 4. The number of nitrogens with zero attached hydrogens (tertiary/aromatic N) is 6. The van der Waals surface area contributed by atoms with Crippen LogP contribution in [0, 0.1) is 12.7 Å². The third-order valence-corrected chi connectivity index (χ3v) is 5.40. The average molecular weight is 483 g/mol. The van der Waals surface area contributed by atoms with Crippen molar-refractivity contribution in [3.63, 3.8) is 0 Å². The molecule has 1 aliphatic heterocycles. The molecule has 0 radical (unpaired) electrons. The zero-order valence-electron chi connectivity index (χ0n) is 17.8. The summed E-state index contributed by atoms with van der Waals surface area (Å²) in [5.41, 5.74) is 1.17. The second kappa shape index (κ2) is 10.3. The highest BCUT2D eigenvalue weighted by Crippen LogP contribution is 2.33. The molecule has 33 heavy (non-hydrogen) atoms. The van der Waals surface area contributed by atoms with E-state index in [1.54, 1.807) is 34.2 Å². The molecule has 2 aromatic heterocycles. The zero-order valence-corrected chi connectivity index (χ0v) is 18.7. The molecule has 0 unspecified atom stereocenters. The summed E-state index contributed by atoms with van der Waals surface area (Å²) in [6, 6.07) is 4.43. The fourth-order valence-electron chi connectivity index (χ4n) is 3.63. The summed E-state index contributed by atoms with van der Waals surface area (Å²) in [6.45, 7) is 5.01. The molecule has 4 rings (SSSR count). The van der Waals surface area contributed by atoms with Gasteiger partial charge in [0.05, 0.1) is 17.5 Å². The lowest BCUT2D eigenvalue weighted by molar-refractivity contribution is -0.137. The number of halogens is 5. The topological polar surface area (TPSA) is 50.1 Å².